The molecule has 2 aliphatic rings. The van der Waals surface area contributed by atoms with Crippen LogP contribution < -0.4 is 10.6 Å². The summed E-state index contributed by atoms with van der Waals surface area (Å²) in [4.78, 5) is 38.7. The van der Waals surface area contributed by atoms with Crippen molar-refractivity contribution >= 4 is 23.3 Å². The van der Waals surface area contributed by atoms with Gasteiger partial charge in [-0.25, -0.2) is 4.39 Å². The monoisotopic (exact) mass is 441 g/mol. The van der Waals surface area contributed by atoms with Gasteiger partial charge in [0.1, 0.15) is 5.82 Å². The van der Waals surface area contributed by atoms with Crippen molar-refractivity contribution < 1.29 is 23.9 Å². The summed E-state index contributed by atoms with van der Waals surface area (Å²) in [6.07, 6.45) is 1.89. The van der Waals surface area contributed by atoms with Crippen LogP contribution in [-0.4, -0.2) is 39.4 Å². The third kappa shape index (κ3) is 3.72. The lowest BCUT2D eigenvalue weighted by atomic mass is 9.93. The zero-order valence-corrected chi connectivity index (χ0v) is 18.7. The Bertz CT molecular complexity index is 1120. The van der Waals surface area contributed by atoms with E-state index in [1.165, 1.54) is 18.2 Å². The highest BCUT2D eigenvalue weighted by molar-refractivity contribution is 6.43. The minimum absolute atomic E-state index is 0.106. The number of carbonyl (C=O) groups excluding carboxylic acids is 3. The van der Waals surface area contributed by atoms with Gasteiger partial charge in [0.15, 0.2) is 0 Å². The van der Waals surface area contributed by atoms with Crippen LogP contribution in [0.15, 0.2) is 18.2 Å². The Labute approximate surface area is 186 Å². The molecule has 4 rings (SSSR count). The second kappa shape index (κ2) is 8.16. The number of hydrogen-bond donors (Lipinski definition) is 3. The standard InChI is InChI=1S/C24H28FN3O4/c1-11-7-16(5-6-17(11)25)26-23(31)20-12(2)21(28(4)13(20)3)22(30)24(32)27-18-9-15-8-14(18)10-19(15)29/h5-7,14-15,18-19,29H,8-10H2,1-4H3,(H,26,31)(H,27,32)/t14-,15-,18?,19?/m1/s1. The number of nitrogens with one attached hydrogen (secondary N) is 2. The fourth-order valence-corrected chi connectivity index (χ4v) is 5.31. The third-order valence-electron chi connectivity index (χ3n) is 7.13. The van der Waals surface area contributed by atoms with Crippen LogP contribution in [0.3, 0.4) is 0 Å². The zero-order chi connectivity index (χ0) is 23.3. The summed E-state index contributed by atoms with van der Waals surface area (Å²) in [5, 5.41) is 15.5. The Kier molecular flexibility index (Phi) is 5.67. The molecule has 1 aromatic carbocycles. The average molecular weight is 442 g/mol. The highest BCUT2D eigenvalue weighted by atomic mass is 19.1. The molecule has 2 aromatic rings. The van der Waals surface area contributed by atoms with Crippen molar-refractivity contribution in [3.05, 3.63) is 52.1 Å². The molecule has 2 saturated carbocycles. The van der Waals surface area contributed by atoms with Crippen molar-refractivity contribution in [1.82, 2.24) is 9.88 Å². The van der Waals surface area contributed by atoms with E-state index in [2.05, 4.69) is 10.6 Å². The summed E-state index contributed by atoms with van der Waals surface area (Å²) in [7, 11) is 1.65. The number of hydrogen-bond acceptors (Lipinski definition) is 4. The number of carbonyl (C=O) groups is 3. The molecule has 2 fully saturated rings. The molecule has 0 aliphatic heterocycles. The number of benzene rings is 1. The molecule has 7 nitrogen and oxygen atoms in total. The first-order valence-electron chi connectivity index (χ1n) is 10.8. The lowest BCUT2D eigenvalue weighted by molar-refractivity contribution is -0.118. The van der Waals surface area contributed by atoms with Crippen LogP contribution in [0, 0.1) is 38.4 Å². The molecular formula is C24H28FN3O4. The Morgan fingerprint density at radius 3 is 2.41 bits per heavy atom. The van der Waals surface area contributed by atoms with Gasteiger partial charge < -0.3 is 20.3 Å². The van der Waals surface area contributed by atoms with Gasteiger partial charge in [0.25, 0.3) is 17.6 Å². The lowest BCUT2D eigenvalue weighted by Gasteiger charge is -2.25. The van der Waals surface area contributed by atoms with Gasteiger partial charge in [0.2, 0.25) is 0 Å². The minimum atomic E-state index is -0.693. The molecule has 0 radical (unpaired) electrons. The van der Waals surface area contributed by atoms with Gasteiger partial charge in [-0.15, -0.1) is 0 Å². The maximum Gasteiger partial charge on any atom is 0.294 e. The van der Waals surface area contributed by atoms with Gasteiger partial charge in [-0.1, -0.05) is 0 Å². The van der Waals surface area contributed by atoms with Crippen LogP contribution in [0.25, 0.3) is 0 Å². The molecule has 8 heteroatoms. The minimum Gasteiger partial charge on any atom is -0.393 e. The molecule has 4 atom stereocenters. The number of halogens is 1. The predicted molar refractivity (Wildman–Crippen MR) is 117 cm³/mol. The number of aryl methyl sites for hydroxylation is 1. The number of aromatic nitrogens is 1. The summed E-state index contributed by atoms with van der Waals surface area (Å²) in [5.41, 5.74) is 2.31. The van der Waals surface area contributed by atoms with E-state index in [0.717, 1.165) is 6.42 Å². The molecule has 1 aromatic heterocycles. The van der Waals surface area contributed by atoms with Crippen LogP contribution in [-0.2, 0) is 11.8 Å². The molecule has 2 aliphatic carbocycles. The highest BCUT2D eigenvalue weighted by Gasteiger charge is 2.46. The van der Waals surface area contributed by atoms with Gasteiger partial charge in [-0.05, 0) is 81.2 Å². The Hall–Kier alpha value is -3.00. The number of aliphatic hydroxyl groups is 1. The number of anilines is 1. The number of fused-ring (bicyclic) bond motifs is 2. The van der Waals surface area contributed by atoms with E-state index in [-0.39, 0.29) is 35.5 Å². The zero-order valence-electron chi connectivity index (χ0n) is 18.7. The summed E-state index contributed by atoms with van der Waals surface area (Å²) < 4.78 is 15.1. The summed E-state index contributed by atoms with van der Waals surface area (Å²) in [5.74, 6) is -1.79. The molecule has 3 N–H and O–H groups in total. The largest absolute Gasteiger partial charge is 0.393 e. The van der Waals surface area contributed by atoms with E-state index in [9.17, 15) is 23.9 Å². The number of amides is 2. The lowest BCUT2D eigenvalue weighted by Crippen LogP contribution is -2.44. The Balaban J connectivity index is 1.53. The third-order valence-corrected chi connectivity index (χ3v) is 7.13. The maximum atomic E-state index is 13.5. The predicted octanol–water partition coefficient (Wildman–Crippen LogP) is 2.80. The first kappa shape index (κ1) is 22.2. The van der Waals surface area contributed by atoms with Gasteiger partial charge in [0, 0.05) is 24.5 Å². The van der Waals surface area contributed by atoms with Crippen molar-refractivity contribution in [2.45, 2.75) is 52.2 Å². The van der Waals surface area contributed by atoms with Crippen LogP contribution in [0.2, 0.25) is 0 Å². The van der Waals surface area contributed by atoms with Crippen molar-refractivity contribution in [3.63, 3.8) is 0 Å². The summed E-state index contributed by atoms with van der Waals surface area (Å²) in [6, 6.07) is 4.18. The van der Waals surface area contributed by atoms with Crippen molar-refractivity contribution in [1.29, 1.82) is 0 Å². The molecule has 170 valence electrons. The molecule has 1 heterocycles. The fraction of sp³-hybridized carbons (Fsp3) is 0.458. The first-order valence-corrected chi connectivity index (χ1v) is 10.8. The Morgan fingerprint density at radius 1 is 1.09 bits per heavy atom. The first-order chi connectivity index (χ1) is 15.1. The molecular weight excluding hydrogens is 413 g/mol. The van der Waals surface area contributed by atoms with E-state index >= 15 is 0 Å². The molecule has 0 spiro atoms. The van der Waals surface area contributed by atoms with Crippen LogP contribution in [0.4, 0.5) is 10.1 Å². The van der Waals surface area contributed by atoms with E-state index in [4.69, 9.17) is 0 Å². The number of aliphatic hydroxyl groups excluding tert-OH is 1. The normalized spacial score (nSPS) is 23.9. The van der Waals surface area contributed by atoms with E-state index < -0.39 is 17.6 Å². The maximum absolute atomic E-state index is 13.5. The second-order valence-corrected chi connectivity index (χ2v) is 9.11. The SMILES string of the molecule is Cc1cc(NC(=O)c2c(C)c(C(=O)C(=O)NC3C[C@H]4C[C@@H]3CC4O)n(C)c2C)ccc1F. The van der Waals surface area contributed by atoms with E-state index in [1.807, 2.05) is 0 Å². The number of rotatable bonds is 5. The quantitative estimate of drug-likeness (QED) is 0.491. The van der Waals surface area contributed by atoms with Gasteiger partial charge in [0.05, 0.1) is 17.4 Å². The van der Waals surface area contributed by atoms with Gasteiger partial charge in [-0.3, -0.25) is 14.4 Å². The van der Waals surface area contributed by atoms with Gasteiger partial charge >= 0.3 is 0 Å². The van der Waals surface area contributed by atoms with Crippen molar-refractivity contribution in [3.8, 4) is 0 Å². The van der Waals surface area contributed by atoms with E-state index in [0.29, 0.717) is 40.9 Å². The van der Waals surface area contributed by atoms with Crippen LogP contribution in [0.1, 0.15) is 56.9 Å². The topological polar surface area (TPSA) is 100 Å². The molecule has 2 unspecified atom stereocenters. The van der Waals surface area contributed by atoms with Crippen LogP contribution >= 0.6 is 0 Å². The van der Waals surface area contributed by atoms with E-state index in [1.54, 1.807) is 32.4 Å². The van der Waals surface area contributed by atoms with Crippen molar-refractivity contribution in [2.24, 2.45) is 18.9 Å². The van der Waals surface area contributed by atoms with Crippen molar-refractivity contribution in [2.75, 3.05) is 5.32 Å². The van der Waals surface area contributed by atoms with Gasteiger partial charge in [-0.2, -0.15) is 0 Å². The number of nitrogens with zero attached hydrogens (tertiary/aromatic N) is 1. The smallest absolute Gasteiger partial charge is 0.294 e. The Morgan fingerprint density at radius 2 is 1.81 bits per heavy atom. The fourth-order valence-electron chi connectivity index (χ4n) is 5.31. The highest BCUT2D eigenvalue weighted by Crippen LogP contribution is 2.44. The summed E-state index contributed by atoms with van der Waals surface area (Å²) in [6.45, 7) is 4.96. The average Bonchev–Trinajstić information content (AvgIpc) is 3.35. The molecule has 0 saturated heterocycles. The molecule has 2 amide bonds. The number of Topliss-reactive ketones (excluding diaryl/α,β-unsaturated/α-hetero) is 1. The number of ketones is 1. The summed E-state index contributed by atoms with van der Waals surface area (Å²) >= 11 is 0. The molecule has 2 bridgehead atoms. The van der Waals surface area contributed by atoms with Crippen LogP contribution in [0.5, 0.6) is 0 Å². The second-order valence-electron chi connectivity index (χ2n) is 9.11. The molecule has 32 heavy (non-hydrogen) atoms.